The molecular formula is C20H35Cl2N3O2. The molecule has 1 aromatic carbocycles. The van der Waals surface area contributed by atoms with Crippen molar-refractivity contribution in [3.05, 3.63) is 29.8 Å². The lowest BCUT2D eigenvalue weighted by atomic mass is 10.0. The third-order valence-electron chi connectivity index (χ3n) is 4.86. The molecule has 0 spiro atoms. The van der Waals surface area contributed by atoms with E-state index in [4.69, 9.17) is 10.5 Å². The largest absolute Gasteiger partial charge is 0.497 e. The second-order valence-electron chi connectivity index (χ2n) is 7.37. The van der Waals surface area contributed by atoms with Gasteiger partial charge in [-0.15, -0.1) is 24.8 Å². The zero-order valence-corrected chi connectivity index (χ0v) is 18.3. The first-order chi connectivity index (χ1) is 12.0. The molecule has 1 aromatic rings. The van der Waals surface area contributed by atoms with Crippen molar-refractivity contribution in [1.29, 1.82) is 0 Å². The Labute approximate surface area is 176 Å². The Hall–Kier alpha value is -1.01. The van der Waals surface area contributed by atoms with Crippen LogP contribution in [0.15, 0.2) is 24.3 Å². The average Bonchev–Trinajstić information content (AvgIpc) is 2.62. The highest BCUT2D eigenvalue weighted by Gasteiger charge is 2.24. The minimum absolute atomic E-state index is 0. The van der Waals surface area contributed by atoms with Gasteiger partial charge in [-0.25, -0.2) is 0 Å². The number of nitrogens with two attached hydrogens (primary N) is 1. The Morgan fingerprint density at radius 3 is 2.26 bits per heavy atom. The number of piperidine rings is 1. The van der Waals surface area contributed by atoms with E-state index in [9.17, 15) is 4.79 Å². The molecule has 3 N–H and O–H groups in total. The summed E-state index contributed by atoms with van der Waals surface area (Å²) in [7, 11) is 1.67. The first-order valence-electron chi connectivity index (χ1n) is 9.42. The zero-order valence-electron chi connectivity index (χ0n) is 16.6. The minimum atomic E-state index is -0.433. The summed E-state index contributed by atoms with van der Waals surface area (Å²) in [4.78, 5) is 14.8. The smallest absolute Gasteiger partial charge is 0.236 e. The summed E-state index contributed by atoms with van der Waals surface area (Å²) < 4.78 is 5.26. The predicted octanol–water partition coefficient (Wildman–Crippen LogP) is 3.56. The molecule has 0 saturated carbocycles. The molecule has 2 atom stereocenters. The number of amides is 1. The predicted molar refractivity (Wildman–Crippen MR) is 116 cm³/mol. The topological polar surface area (TPSA) is 67.6 Å². The van der Waals surface area contributed by atoms with Gasteiger partial charge in [0.2, 0.25) is 5.91 Å². The summed E-state index contributed by atoms with van der Waals surface area (Å²) in [5.74, 6) is 1.22. The number of carbonyl (C=O) groups excluding carboxylic acids is 1. The molecular weight excluding hydrogens is 385 g/mol. The number of carbonyl (C=O) groups is 1. The maximum absolute atomic E-state index is 12.3. The number of nitrogens with zero attached hydrogens (tertiary/aromatic N) is 1. The molecule has 0 radical (unpaired) electrons. The van der Waals surface area contributed by atoms with Crippen LogP contribution in [-0.4, -0.2) is 43.6 Å². The molecule has 1 amide bonds. The molecule has 0 bridgehead atoms. The summed E-state index contributed by atoms with van der Waals surface area (Å²) in [6, 6.07) is 7.91. The summed E-state index contributed by atoms with van der Waals surface area (Å²) in [6.45, 7) is 6.91. The van der Waals surface area contributed by atoms with Gasteiger partial charge in [-0.3, -0.25) is 9.69 Å². The van der Waals surface area contributed by atoms with E-state index in [0.717, 1.165) is 18.8 Å². The highest BCUT2D eigenvalue weighted by Crippen LogP contribution is 2.26. The standard InChI is InChI=1S/C20H33N3O2.2ClH/c1-15(2)13-18(21)20(24)22-14-19(23-11-5-4-6-12-23)16-7-9-17(25-3)10-8-16;;/h7-10,15,18-19H,4-6,11-14,21H2,1-3H3,(H,22,24);2*1H/t18-,19?;;/m0../s1. The van der Waals surface area contributed by atoms with E-state index in [-0.39, 0.29) is 36.8 Å². The van der Waals surface area contributed by atoms with Gasteiger partial charge in [-0.05, 0) is 56.0 Å². The second-order valence-corrected chi connectivity index (χ2v) is 7.37. The van der Waals surface area contributed by atoms with Crippen LogP contribution in [0.1, 0.15) is 51.1 Å². The highest BCUT2D eigenvalue weighted by atomic mass is 35.5. The van der Waals surface area contributed by atoms with Crippen LogP contribution in [0.5, 0.6) is 5.75 Å². The average molecular weight is 420 g/mol. The summed E-state index contributed by atoms with van der Waals surface area (Å²) >= 11 is 0. The normalized spacial score (nSPS) is 16.6. The lowest BCUT2D eigenvalue weighted by Gasteiger charge is -2.35. The van der Waals surface area contributed by atoms with Crippen LogP contribution in [-0.2, 0) is 4.79 Å². The van der Waals surface area contributed by atoms with Crippen LogP contribution in [0.25, 0.3) is 0 Å². The molecule has 156 valence electrons. The molecule has 1 aliphatic heterocycles. The number of nitrogens with one attached hydrogen (secondary N) is 1. The van der Waals surface area contributed by atoms with E-state index in [0.29, 0.717) is 18.9 Å². The molecule has 7 heteroatoms. The fourth-order valence-corrected chi connectivity index (χ4v) is 3.46. The summed E-state index contributed by atoms with van der Waals surface area (Å²) in [5, 5.41) is 3.08. The Bertz CT molecular complexity index is 535. The van der Waals surface area contributed by atoms with Gasteiger partial charge in [-0.1, -0.05) is 32.4 Å². The van der Waals surface area contributed by atoms with Crippen molar-refractivity contribution in [3.8, 4) is 5.75 Å². The maximum atomic E-state index is 12.3. The number of methoxy groups -OCH3 is 1. The van der Waals surface area contributed by atoms with Gasteiger partial charge in [0.25, 0.3) is 0 Å². The Morgan fingerprint density at radius 1 is 1.15 bits per heavy atom. The number of likely N-dealkylation sites (tertiary alicyclic amines) is 1. The minimum Gasteiger partial charge on any atom is -0.497 e. The van der Waals surface area contributed by atoms with Gasteiger partial charge >= 0.3 is 0 Å². The van der Waals surface area contributed by atoms with Crippen LogP contribution in [0.3, 0.4) is 0 Å². The number of hydrogen-bond donors (Lipinski definition) is 2. The van der Waals surface area contributed by atoms with Crippen molar-refractivity contribution in [1.82, 2.24) is 10.2 Å². The number of ether oxygens (including phenoxy) is 1. The maximum Gasteiger partial charge on any atom is 0.236 e. The fraction of sp³-hybridized carbons (Fsp3) is 0.650. The Kier molecular flexibility index (Phi) is 12.7. The van der Waals surface area contributed by atoms with Crippen LogP contribution in [0, 0.1) is 5.92 Å². The van der Waals surface area contributed by atoms with Gasteiger partial charge in [0.1, 0.15) is 5.75 Å². The van der Waals surface area contributed by atoms with Gasteiger partial charge in [-0.2, -0.15) is 0 Å². The number of hydrogen-bond acceptors (Lipinski definition) is 4. The first-order valence-corrected chi connectivity index (χ1v) is 9.42. The quantitative estimate of drug-likeness (QED) is 0.675. The van der Waals surface area contributed by atoms with Crippen molar-refractivity contribution >= 4 is 30.7 Å². The number of rotatable bonds is 8. The van der Waals surface area contributed by atoms with Gasteiger partial charge < -0.3 is 15.8 Å². The van der Waals surface area contributed by atoms with Gasteiger partial charge in [0, 0.05) is 6.54 Å². The fourth-order valence-electron chi connectivity index (χ4n) is 3.46. The Balaban J connectivity index is 0.00000338. The lowest BCUT2D eigenvalue weighted by Crippen LogP contribution is -2.46. The first kappa shape index (κ1) is 26.0. The van der Waals surface area contributed by atoms with Gasteiger partial charge in [0.15, 0.2) is 0 Å². The molecule has 0 aliphatic carbocycles. The van der Waals surface area contributed by atoms with Crippen molar-refractivity contribution in [2.24, 2.45) is 11.7 Å². The summed E-state index contributed by atoms with van der Waals surface area (Å²) in [6.07, 6.45) is 4.43. The molecule has 5 nitrogen and oxygen atoms in total. The molecule has 1 saturated heterocycles. The van der Waals surface area contributed by atoms with Crippen LogP contribution in [0.4, 0.5) is 0 Å². The van der Waals surface area contributed by atoms with Gasteiger partial charge in [0.05, 0.1) is 19.2 Å². The van der Waals surface area contributed by atoms with Crippen molar-refractivity contribution in [3.63, 3.8) is 0 Å². The number of benzene rings is 1. The van der Waals surface area contributed by atoms with E-state index in [1.54, 1.807) is 7.11 Å². The Morgan fingerprint density at radius 2 is 1.74 bits per heavy atom. The van der Waals surface area contributed by atoms with Crippen molar-refractivity contribution in [2.45, 2.75) is 51.6 Å². The van der Waals surface area contributed by atoms with E-state index in [1.807, 2.05) is 12.1 Å². The number of halogens is 2. The van der Waals surface area contributed by atoms with E-state index < -0.39 is 6.04 Å². The van der Waals surface area contributed by atoms with Crippen molar-refractivity contribution < 1.29 is 9.53 Å². The molecule has 0 aromatic heterocycles. The monoisotopic (exact) mass is 419 g/mol. The van der Waals surface area contributed by atoms with E-state index in [2.05, 4.69) is 36.2 Å². The third kappa shape index (κ3) is 8.26. The lowest BCUT2D eigenvalue weighted by molar-refractivity contribution is -0.123. The van der Waals surface area contributed by atoms with E-state index in [1.165, 1.54) is 24.8 Å². The molecule has 1 fully saturated rings. The second kappa shape index (κ2) is 13.2. The molecule has 27 heavy (non-hydrogen) atoms. The molecule has 1 unspecified atom stereocenters. The SMILES string of the molecule is COc1ccc(C(CNC(=O)[C@@H](N)CC(C)C)N2CCCCC2)cc1.Cl.Cl. The van der Waals surface area contributed by atoms with E-state index >= 15 is 0 Å². The molecule has 1 aliphatic rings. The zero-order chi connectivity index (χ0) is 18.2. The van der Waals surface area contributed by atoms with Crippen LogP contribution < -0.4 is 15.8 Å². The van der Waals surface area contributed by atoms with Crippen molar-refractivity contribution in [2.75, 3.05) is 26.7 Å². The highest BCUT2D eigenvalue weighted by molar-refractivity contribution is 5.85. The van der Waals surface area contributed by atoms with Crippen LogP contribution in [0.2, 0.25) is 0 Å². The molecule has 2 rings (SSSR count). The molecule has 1 heterocycles. The third-order valence-corrected chi connectivity index (χ3v) is 4.86. The summed E-state index contributed by atoms with van der Waals surface area (Å²) in [5.41, 5.74) is 7.23. The van der Waals surface area contributed by atoms with Crippen LogP contribution >= 0.6 is 24.8 Å².